The maximum Gasteiger partial charge on any atom is 0.162 e. The highest BCUT2D eigenvalue weighted by Gasteiger charge is 2.16. The largest absolute Gasteiger partial charge is 0.328 e. The van der Waals surface area contributed by atoms with Gasteiger partial charge in [-0.2, -0.15) is 0 Å². The van der Waals surface area contributed by atoms with Gasteiger partial charge in [0.25, 0.3) is 0 Å². The third-order valence-electron chi connectivity index (χ3n) is 2.88. The zero-order chi connectivity index (χ0) is 12.1. The number of hydrogen-bond acceptors (Lipinski definition) is 1. The van der Waals surface area contributed by atoms with Gasteiger partial charge in [-0.25, -0.2) is 8.78 Å². The molecule has 1 rings (SSSR count). The molecule has 0 aliphatic rings. The van der Waals surface area contributed by atoms with Gasteiger partial charge in [-0.1, -0.05) is 19.1 Å². The van der Waals surface area contributed by atoms with E-state index < -0.39 is 11.6 Å². The van der Waals surface area contributed by atoms with E-state index in [9.17, 15) is 8.78 Å². The van der Waals surface area contributed by atoms with Crippen LogP contribution in [0.25, 0.3) is 0 Å². The van der Waals surface area contributed by atoms with Crippen LogP contribution in [0.2, 0.25) is 0 Å². The fourth-order valence-electron chi connectivity index (χ4n) is 1.88. The molecule has 0 aromatic heterocycles. The second-order valence-corrected chi connectivity index (χ2v) is 4.30. The zero-order valence-electron chi connectivity index (χ0n) is 9.84. The summed E-state index contributed by atoms with van der Waals surface area (Å²) in [6.07, 6.45) is 2.43. The molecule has 90 valence electrons. The lowest BCUT2D eigenvalue weighted by molar-refractivity contribution is 0.466. The third-order valence-corrected chi connectivity index (χ3v) is 2.88. The normalized spacial score (nSPS) is 14.8. The second kappa shape index (κ2) is 5.94. The van der Waals surface area contributed by atoms with Crippen molar-refractivity contribution in [3.8, 4) is 0 Å². The summed E-state index contributed by atoms with van der Waals surface area (Å²) in [6.45, 7) is 3.91. The first-order valence-electron chi connectivity index (χ1n) is 5.75. The molecule has 0 aliphatic carbocycles. The fraction of sp³-hybridized carbons (Fsp3) is 0.538. The lowest BCUT2D eigenvalue weighted by Gasteiger charge is -2.17. The van der Waals surface area contributed by atoms with Crippen LogP contribution in [0.1, 0.15) is 44.6 Å². The summed E-state index contributed by atoms with van der Waals surface area (Å²) in [6, 6.07) is 4.47. The van der Waals surface area contributed by atoms with Crippen molar-refractivity contribution in [2.24, 2.45) is 5.73 Å². The van der Waals surface area contributed by atoms with Gasteiger partial charge < -0.3 is 5.73 Å². The predicted octanol–water partition coefficient (Wildman–Crippen LogP) is 3.59. The van der Waals surface area contributed by atoms with Crippen LogP contribution >= 0.6 is 0 Å². The molecule has 0 fully saturated rings. The molecule has 2 unspecified atom stereocenters. The van der Waals surface area contributed by atoms with Crippen molar-refractivity contribution < 1.29 is 8.78 Å². The summed E-state index contributed by atoms with van der Waals surface area (Å²) in [5.74, 6) is -1.42. The Morgan fingerprint density at radius 2 is 1.94 bits per heavy atom. The number of hydrogen-bond donors (Lipinski definition) is 1. The molecule has 2 atom stereocenters. The fourth-order valence-corrected chi connectivity index (χ4v) is 1.88. The minimum atomic E-state index is -0.767. The van der Waals surface area contributed by atoms with E-state index in [1.807, 2.05) is 13.8 Å². The van der Waals surface area contributed by atoms with E-state index in [4.69, 9.17) is 5.73 Å². The van der Waals surface area contributed by atoms with Crippen molar-refractivity contribution >= 4 is 0 Å². The van der Waals surface area contributed by atoms with Gasteiger partial charge in [0.05, 0.1) is 0 Å². The summed E-state index contributed by atoms with van der Waals surface area (Å²) in [4.78, 5) is 0. The lowest BCUT2D eigenvalue weighted by Crippen LogP contribution is -2.16. The van der Waals surface area contributed by atoms with Crippen LogP contribution in [0.15, 0.2) is 18.2 Å². The van der Waals surface area contributed by atoms with Gasteiger partial charge in [0, 0.05) is 6.04 Å². The van der Waals surface area contributed by atoms with Crippen molar-refractivity contribution in [1.29, 1.82) is 0 Å². The zero-order valence-corrected chi connectivity index (χ0v) is 9.84. The maximum atomic E-state index is 13.6. The lowest BCUT2D eigenvalue weighted by atomic mass is 9.90. The molecule has 1 nitrogen and oxygen atoms in total. The molecule has 1 aromatic rings. The molecule has 0 bridgehead atoms. The van der Waals surface area contributed by atoms with E-state index in [1.54, 1.807) is 12.1 Å². The van der Waals surface area contributed by atoms with E-state index >= 15 is 0 Å². The Balaban J connectivity index is 2.82. The van der Waals surface area contributed by atoms with Gasteiger partial charge in [-0.05, 0) is 43.7 Å². The van der Waals surface area contributed by atoms with Gasteiger partial charge in [0.2, 0.25) is 0 Å². The van der Waals surface area contributed by atoms with Crippen LogP contribution in [0.5, 0.6) is 0 Å². The van der Waals surface area contributed by atoms with Crippen LogP contribution in [0.3, 0.4) is 0 Å². The van der Waals surface area contributed by atoms with Crippen molar-refractivity contribution in [2.45, 2.75) is 45.1 Å². The van der Waals surface area contributed by atoms with E-state index in [0.717, 1.165) is 25.3 Å². The van der Waals surface area contributed by atoms with Crippen LogP contribution in [-0.4, -0.2) is 6.04 Å². The van der Waals surface area contributed by atoms with Crippen molar-refractivity contribution in [3.05, 3.63) is 35.4 Å². The topological polar surface area (TPSA) is 26.0 Å². The Kier molecular flexibility index (Phi) is 4.87. The quantitative estimate of drug-likeness (QED) is 0.817. The van der Waals surface area contributed by atoms with Crippen molar-refractivity contribution in [2.75, 3.05) is 0 Å². The molecule has 16 heavy (non-hydrogen) atoms. The Morgan fingerprint density at radius 1 is 1.25 bits per heavy atom. The van der Waals surface area contributed by atoms with Gasteiger partial charge in [0.15, 0.2) is 11.6 Å². The molecule has 0 heterocycles. The highest BCUT2D eigenvalue weighted by atomic mass is 19.2. The smallest absolute Gasteiger partial charge is 0.162 e. The van der Waals surface area contributed by atoms with E-state index in [-0.39, 0.29) is 12.0 Å². The van der Waals surface area contributed by atoms with Gasteiger partial charge in [-0.15, -0.1) is 0 Å². The predicted molar refractivity (Wildman–Crippen MR) is 62.3 cm³/mol. The number of benzene rings is 1. The van der Waals surface area contributed by atoms with Crippen molar-refractivity contribution in [1.82, 2.24) is 0 Å². The first kappa shape index (κ1) is 13.1. The highest BCUT2D eigenvalue weighted by molar-refractivity contribution is 5.22. The minimum Gasteiger partial charge on any atom is -0.328 e. The SMILES string of the molecule is CCC(CCC(C)N)c1cccc(F)c1F. The summed E-state index contributed by atoms with van der Waals surface area (Å²) >= 11 is 0. The first-order valence-corrected chi connectivity index (χ1v) is 5.75. The van der Waals surface area contributed by atoms with Crippen LogP contribution in [0.4, 0.5) is 8.78 Å². The Morgan fingerprint density at radius 3 is 2.50 bits per heavy atom. The summed E-state index contributed by atoms with van der Waals surface area (Å²) < 4.78 is 26.6. The van der Waals surface area contributed by atoms with Gasteiger partial charge in [0.1, 0.15) is 0 Å². The standard InChI is InChI=1S/C13H19F2N/c1-3-10(8-7-9(2)16)11-5-4-6-12(14)13(11)15/h4-6,9-10H,3,7-8,16H2,1-2H3. The van der Waals surface area contributed by atoms with Gasteiger partial charge in [-0.3, -0.25) is 0 Å². The first-order chi connectivity index (χ1) is 7.56. The summed E-state index contributed by atoms with van der Waals surface area (Å²) in [5.41, 5.74) is 6.15. The number of nitrogens with two attached hydrogens (primary N) is 1. The molecular weight excluding hydrogens is 208 g/mol. The molecule has 0 aliphatic heterocycles. The molecule has 0 saturated heterocycles. The van der Waals surface area contributed by atoms with Crippen LogP contribution < -0.4 is 5.73 Å². The maximum absolute atomic E-state index is 13.6. The molecule has 3 heteroatoms. The van der Waals surface area contributed by atoms with E-state index in [0.29, 0.717) is 5.56 Å². The molecule has 0 saturated carbocycles. The van der Waals surface area contributed by atoms with Crippen LogP contribution in [-0.2, 0) is 0 Å². The minimum absolute atomic E-state index is 0.0571. The average molecular weight is 227 g/mol. The van der Waals surface area contributed by atoms with Gasteiger partial charge >= 0.3 is 0 Å². The molecule has 0 spiro atoms. The molecule has 2 N–H and O–H groups in total. The Bertz CT molecular complexity index is 337. The van der Waals surface area contributed by atoms with Crippen LogP contribution in [0, 0.1) is 11.6 Å². The molecular formula is C13H19F2N. The highest BCUT2D eigenvalue weighted by Crippen LogP contribution is 2.28. The Hall–Kier alpha value is -0.960. The Labute approximate surface area is 95.7 Å². The second-order valence-electron chi connectivity index (χ2n) is 4.30. The third kappa shape index (κ3) is 3.27. The van der Waals surface area contributed by atoms with E-state index in [1.165, 1.54) is 0 Å². The average Bonchev–Trinajstić information content (AvgIpc) is 2.24. The number of rotatable bonds is 5. The van der Waals surface area contributed by atoms with E-state index in [2.05, 4.69) is 0 Å². The summed E-state index contributed by atoms with van der Waals surface area (Å²) in [7, 11) is 0. The van der Waals surface area contributed by atoms with Crippen molar-refractivity contribution in [3.63, 3.8) is 0 Å². The molecule has 0 radical (unpaired) electrons. The molecule has 0 amide bonds. The molecule has 1 aromatic carbocycles. The number of halogens is 2. The monoisotopic (exact) mass is 227 g/mol. The summed E-state index contributed by atoms with van der Waals surface area (Å²) in [5, 5.41) is 0.